The molecule has 0 aromatic rings. The summed E-state index contributed by atoms with van der Waals surface area (Å²) in [5.41, 5.74) is 0. The molecule has 0 bridgehead atoms. The van der Waals surface area contributed by atoms with Gasteiger partial charge in [-0.05, 0) is 19.3 Å². The minimum Gasteiger partial charge on any atom is -0.478 e. The quantitative estimate of drug-likeness (QED) is 0.644. The predicted molar refractivity (Wildman–Crippen MR) is 50.7 cm³/mol. The Hall–Kier alpha value is -1.52. The zero-order valence-electron chi connectivity index (χ0n) is 7.90. The zero-order chi connectivity index (χ0) is 10.4. The van der Waals surface area contributed by atoms with Crippen molar-refractivity contribution in [1.29, 1.82) is 0 Å². The van der Waals surface area contributed by atoms with Crippen LogP contribution in [-0.2, 0) is 4.79 Å². The predicted octanol–water partition coefficient (Wildman–Crippen LogP) is 0.780. The van der Waals surface area contributed by atoms with Crippen molar-refractivity contribution >= 4 is 12.0 Å². The third kappa shape index (κ3) is 3.47. The summed E-state index contributed by atoms with van der Waals surface area (Å²) in [5, 5.41) is 10.7. The van der Waals surface area contributed by atoms with E-state index < -0.39 is 5.97 Å². The van der Waals surface area contributed by atoms with Gasteiger partial charge in [0, 0.05) is 25.4 Å². The fourth-order valence-corrected chi connectivity index (χ4v) is 1.37. The molecule has 1 rings (SSSR count). The second-order valence-corrected chi connectivity index (χ2v) is 3.17. The summed E-state index contributed by atoms with van der Waals surface area (Å²) in [7, 11) is 0. The second kappa shape index (κ2) is 5.26. The summed E-state index contributed by atoms with van der Waals surface area (Å²) >= 11 is 0. The van der Waals surface area contributed by atoms with Gasteiger partial charge in [0.05, 0.1) is 0 Å². The van der Waals surface area contributed by atoms with Crippen molar-refractivity contribution in [2.45, 2.75) is 19.3 Å². The first kappa shape index (κ1) is 10.6. The Labute approximate surface area is 82.4 Å². The van der Waals surface area contributed by atoms with Crippen LogP contribution in [0.25, 0.3) is 0 Å². The first-order valence-corrected chi connectivity index (χ1v) is 4.65. The first-order chi connectivity index (χ1) is 6.70. The average molecular weight is 198 g/mol. The lowest BCUT2D eigenvalue weighted by atomic mass is 10.1. The van der Waals surface area contributed by atoms with Gasteiger partial charge in [0.25, 0.3) is 0 Å². The largest absolute Gasteiger partial charge is 0.478 e. The van der Waals surface area contributed by atoms with E-state index in [4.69, 9.17) is 5.11 Å². The molecule has 0 saturated carbocycles. The van der Waals surface area contributed by atoms with E-state index in [9.17, 15) is 9.59 Å². The third-order valence-electron chi connectivity index (χ3n) is 2.08. The monoisotopic (exact) mass is 198 g/mol. The molecule has 0 radical (unpaired) electrons. The smallest absolute Gasteiger partial charge is 0.329 e. The lowest BCUT2D eigenvalue weighted by molar-refractivity contribution is -0.131. The number of piperidine rings is 1. The summed E-state index contributed by atoms with van der Waals surface area (Å²) in [6.45, 7) is 1.51. The molecule has 0 spiro atoms. The summed E-state index contributed by atoms with van der Waals surface area (Å²) in [5.74, 6) is -1.07. The number of hydrogen-bond donors (Lipinski definition) is 2. The summed E-state index contributed by atoms with van der Waals surface area (Å²) in [4.78, 5) is 23.1. The van der Waals surface area contributed by atoms with Crippen LogP contribution in [0.3, 0.4) is 0 Å². The molecular weight excluding hydrogens is 184 g/mol. The number of amides is 2. The second-order valence-electron chi connectivity index (χ2n) is 3.17. The Morgan fingerprint density at radius 1 is 1.21 bits per heavy atom. The van der Waals surface area contributed by atoms with Crippen molar-refractivity contribution in [1.82, 2.24) is 10.2 Å². The highest BCUT2D eigenvalue weighted by molar-refractivity contribution is 5.81. The van der Waals surface area contributed by atoms with Crippen LogP contribution in [0.2, 0.25) is 0 Å². The molecule has 14 heavy (non-hydrogen) atoms. The molecule has 0 aromatic carbocycles. The average Bonchev–Trinajstić information content (AvgIpc) is 2.18. The topological polar surface area (TPSA) is 69.6 Å². The van der Waals surface area contributed by atoms with Crippen LogP contribution in [-0.4, -0.2) is 35.1 Å². The number of carbonyl (C=O) groups is 2. The van der Waals surface area contributed by atoms with E-state index in [1.54, 1.807) is 4.90 Å². The van der Waals surface area contributed by atoms with Crippen LogP contribution in [0.15, 0.2) is 12.3 Å². The molecule has 0 unspecified atom stereocenters. The fraction of sp³-hybridized carbons (Fsp3) is 0.556. The molecule has 2 amide bonds. The van der Waals surface area contributed by atoms with Gasteiger partial charge >= 0.3 is 12.0 Å². The van der Waals surface area contributed by atoms with Crippen molar-refractivity contribution in [2.75, 3.05) is 13.1 Å². The van der Waals surface area contributed by atoms with E-state index in [1.807, 2.05) is 0 Å². The van der Waals surface area contributed by atoms with E-state index >= 15 is 0 Å². The number of carbonyl (C=O) groups excluding carboxylic acids is 1. The molecule has 1 aliphatic heterocycles. The first-order valence-electron chi connectivity index (χ1n) is 4.65. The Balaban J connectivity index is 2.30. The minimum absolute atomic E-state index is 0.220. The van der Waals surface area contributed by atoms with Gasteiger partial charge in [0.2, 0.25) is 0 Å². The van der Waals surface area contributed by atoms with Crippen LogP contribution in [0.1, 0.15) is 19.3 Å². The van der Waals surface area contributed by atoms with Crippen molar-refractivity contribution < 1.29 is 14.7 Å². The molecule has 1 saturated heterocycles. The number of urea groups is 1. The van der Waals surface area contributed by atoms with Gasteiger partial charge in [-0.3, -0.25) is 0 Å². The number of carboxylic acid groups (broad SMARTS) is 1. The summed E-state index contributed by atoms with van der Waals surface area (Å²) in [6, 6.07) is -0.220. The summed E-state index contributed by atoms with van der Waals surface area (Å²) in [6.07, 6.45) is 5.27. The molecule has 5 nitrogen and oxygen atoms in total. The molecule has 0 aliphatic carbocycles. The van der Waals surface area contributed by atoms with E-state index in [1.165, 1.54) is 0 Å². The van der Waals surface area contributed by atoms with E-state index in [0.29, 0.717) is 0 Å². The maximum absolute atomic E-state index is 11.4. The minimum atomic E-state index is -1.07. The molecule has 78 valence electrons. The van der Waals surface area contributed by atoms with Gasteiger partial charge in [-0.2, -0.15) is 0 Å². The number of nitrogens with zero attached hydrogens (tertiary/aromatic N) is 1. The molecule has 0 atom stereocenters. The van der Waals surface area contributed by atoms with Crippen LogP contribution in [0, 0.1) is 0 Å². The molecule has 0 aromatic heterocycles. The summed E-state index contributed by atoms with van der Waals surface area (Å²) < 4.78 is 0. The van der Waals surface area contributed by atoms with Gasteiger partial charge < -0.3 is 15.3 Å². The number of aliphatic carboxylic acids is 1. The number of rotatable bonds is 2. The third-order valence-corrected chi connectivity index (χ3v) is 2.08. The number of hydrogen-bond acceptors (Lipinski definition) is 2. The maximum Gasteiger partial charge on any atom is 0.329 e. The molecule has 5 heteroatoms. The Bertz CT molecular complexity index is 244. The Kier molecular flexibility index (Phi) is 3.97. The number of nitrogens with one attached hydrogen (secondary N) is 1. The van der Waals surface area contributed by atoms with Gasteiger partial charge in [0.15, 0.2) is 0 Å². The highest BCUT2D eigenvalue weighted by Crippen LogP contribution is 2.07. The van der Waals surface area contributed by atoms with Crippen molar-refractivity contribution in [2.24, 2.45) is 0 Å². The SMILES string of the molecule is O=C(O)/C=C/NC(=O)N1CCCCC1. The van der Waals surface area contributed by atoms with Gasteiger partial charge in [-0.1, -0.05) is 0 Å². The van der Waals surface area contributed by atoms with Crippen molar-refractivity contribution in [3.8, 4) is 0 Å². The Morgan fingerprint density at radius 3 is 2.43 bits per heavy atom. The molecule has 1 aliphatic rings. The van der Waals surface area contributed by atoms with Crippen LogP contribution < -0.4 is 5.32 Å². The van der Waals surface area contributed by atoms with Crippen molar-refractivity contribution in [3.05, 3.63) is 12.3 Å². The van der Waals surface area contributed by atoms with Gasteiger partial charge in [-0.25, -0.2) is 9.59 Å². The molecule has 1 heterocycles. The Morgan fingerprint density at radius 2 is 1.86 bits per heavy atom. The lowest BCUT2D eigenvalue weighted by Crippen LogP contribution is -2.40. The molecule has 2 N–H and O–H groups in total. The lowest BCUT2D eigenvalue weighted by Gasteiger charge is -2.25. The van der Waals surface area contributed by atoms with Crippen LogP contribution >= 0.6 is 0 Å². The highest BCUT2D eigenvalue weighted by Gasteiger charge is 2.14. The normalized spacial score (nSPS) is 17.0. The van der Waals surface area contributed by atoms with E-state index in [2.05, 4.69) is 5.32 Å². The molecule has 1 fully saturated rings. The fourth-order valence-electron chi connectivity index (χ4n) is 1.37. The maximum atomic E-state index is 11.4. The standard InChI is InChI=1S/C9H14N2O3/c12-8(13)4-5-10-9(14)11-6-2-1-3-7-11/h4-5H,1-3,6-7H2,(H,10,14)(H,12,13)/b5-4+. The zero-order valence-corrected chi connectivity index (χ0v) is 7.90. The number of carboxylic acids is 1. The van der Waals surface area contributed by atoms with Gasteiger partial charge in [0.1, 0.15) is 0 Å². The van der Waals surface area contributed by atoms with E-state index in [0.717, 1.165) is 44.6 Å². The highest BCUT2D eigenvalue weighted by atomic mass is 16.4. The molecular formula is C9H14N2O3. The van der Waals surface area contributed by atoms with Crippen LogP contribution in [0.5, 0.6) is 0 Å². The van der Waals surface area contributed by atoms with Crippen LogP contribution in [0.4, 0.5) is 4.79 Å². The van der Waals surface area contributed by atoms with Crippen molar-refractivity contribution in [3.63, 3.8) is 0 Å². The van der Waals surface area contributed by atoms with Gasteiger partial charge in [-0.15, -0.1) is 0 Å². The number of likely N-dealkylation sites (tertiary alicyclic amines) is 1. The van der Waals surface area contributed by atoms with E-state index in [-0.39, 0.29) is 6.03 Å².